The van der Waals surface area contributed by atoms with E-state index in [0.717, 1.165) is 5.56 Å². The molecule has 0 aromatic heterocycles. The number of hydrogen-bond acceptors (Lipinski definition) is 3. The normalized spacial score (nSPS) is 12.3. The number of carbonyl (C=O) groups is 2. The van der Waals surface area contributed by atoms with E-state index in [1.165, 1.54) is 13.2 Å². The molecule has 1 aromatic carbocycles. The number of amides is 1. The van der Waals surface area contributed by atoms with Crippen LogP contribution in [0.4, 0.5) is 0 Å². The number of rotatable bonds is 6. The Morgan fingerprint density at radius 1 is 1.42 bits per heavy atom. The molecule has 0 aliphatic rings. The molecule has 0 saturated heterocycles. The number of carbonyl (C=O) groups excluding carboxylic acids is 1. The molecule has 1 rings (SSSR count). The van der Waals surface area contributed by atoms with Gasteiger partial charge in [0.2, 0.25) is 5.91 Å². The zero-order chi connectivity index (χ0) is 14.3. The number of nitrogens with one attached hydrogen (secondary N) is 1. The van der Waals surface area contributed by atoms with Crippen molar-refractivity contribution in [3.05, 3.63) is 40.9 Å². The van der Waals surface area contributed by atoms with Crippen molar-refractivity contribution < 1.29 is 19.4 Å². The minimum absolute atomic E-state index is 0.0877. The van der Waals surface area contributed by atoms with Gasteiger partial charge in [-0.05, 0) is 23.8 Å². The van der Waals surface area contributed by atoms with E-state index < -0.39 is 18.0 Å². The van der Waals surface area contributed by atoms with Gasteiger partial charge in [0.1, 0.15) is 0 Å². The van der Waals surface area contributed by atoms with E-state index in [2.05, 4.69) is 10.1 Å². The van der Waals surface area contributed by atoms with Crippen molar-refractivity contribution in [3.63, 3.8) is 0 Å². The highest BCUT2D eigenvalue weighted by atomic mass is 35.5. The summed E-state index contributed by atoms with van der Waals surface area (Å²) >= 11 is 5.73. The SMILES string of the molecule is COC(CNC(=O)/C=C/c1ccc(Cl)cc1)C(=O)O. The standard InChI is InChI=1S/C13H14ClNO4/c1-19-11(13(17)18)8-15-12(16)7-4-9-2-5-10(14)6-3-9/h2-7,11H,8H2,1H3,(H,15,16)(H,17,18)/b7-4+. The molecule has 1 aromatic rings. The van der Waals surface area contributed by atoms with Crippen LogP contribution in [0.15, 0.2) is 30.3 Å². The van der Waals surface area contributed by atoms with E-state index in [-0.39, 0.29) is 6.54 Å². The van der Waals surface area contributed by atoms with Gasteiger partial charge in [-0.3, -0.25) is 4.79 Å². The first-order valence-corrected chi connectivity index (χ1v) is 5.88. The molecule has 6 heteroatoms. The Balaban J connectivity index is 2.47. The van der Waals surface area contributed by atoms with E-state index in [4.69, 9.17) is 16.7 Å². The molecule has 1 unspecified atom stereocenters. The summed E-state index contributed by atoms with van der Waals surface area (Å²) in [5, 5.41) is 11.8. The van der Waals surface area contributed by atoms with Gasteiger partial charge in [-0.1, -0.05) is 23.7 Å². The maximum atomic E-state index is 11.5. The van der Waals surface area contributed by atoms with Gasteiger partial charge < -0.3 is 15.2 Å². The summed E-state index contributed by atoms with van der Waals surface area (Å²) in [5.41, 5.74) is 0.820. The van der Waals surface area contributed by atoms with Crippen LogP contribution < -0.4 is 5.32 Å². The predicted octanol–water partition coefficient (Wildman–Crippen LogP) is 1.57. The van der Waals surface area contributed by atoms with Crippen LogP contribution >= 0.6 is 11.6 Å². The highest BCUT2D eigenvalue weighted by Gasteiger charge is 2.16. The molecule has 0 heterocycles. The van der Waals surface area contributed by atoms with Crippen molar-refractivity contribution in [2.45, 2.75) is 6.10 Å². The molecule has 0 aliphatic carbocycles. The van der Waals surface area contributed by atoms with Crippen molar-refractivity contribution in [1.29, 1.82) is 0 Å². The monoisotopic (exact) mass is 283 g/mol. The molecular formula is C13H14ClNO4. The number of hydrogen-bond donors (Lipinski definition) is 2. The molecule has 1 amide bonds. The fraction of sp³-hybridized carbons (Fsp3) is 0.231. The fourth-order valence-corrected chi connectivity index (χ4v) is 1.40. The number of halogens is 1. The van der Waals surface area contributed by atoms with E-state index >= 15 is 0 Å². The average Bonchev–Trinajstić information content (AvgIpc) is 2.38. The first-order chi connectivity index (χ1) is 9.02. The van der Waals surface area contributed by atoms with Gasteiger partial charge in [0.15, 0.2) is 6.10 Å². The summed E-state index contributed by atoms with van der Waals surface area (Å²) in [6, 6.07) is 6.96. The quantitative estimate of drug-likeness (QED) is 0.777. The van der Waals surface area contributed by atoms with Crippen LogP contribution in [0, 0.1) is 0 Å². The van der Waals surface area contributed by atoms with Crippen LogP contribution in [0.1, 0.15) is 5.56 Å². The van der Waals surface area contributed by atoms with Gasteiger partial charge >= 0.3 is 5.97 Å². The van der Waals surface area contributed by atoms with E-state index in [1.807, 2.05) is 0 Å². The maximum absolute atomic E-state index is 11.5. The van der Waals surface area contributed by atoms with Gasteiger partial charge in [-0.15, -0.1) is 0 Å². The lowest BCUT2D eigenvalue weighted by atomic mass is 10.2. The van der Waals surface area contributed by atoms with Crippen LogP contribution in [0.2, 0.25) is 5.02 Å². The van der Waals surface area contributed by atoms with Crippen LogP contribution in [0.25, 0.3) is 6.08 Å². The summed E-state index contributed by atoms with van der Waals surface area (Å²) in [4.78, 5) is 22.1. The molecule has 0 bridgehead atoms. The third kappa shape index (κ3) is 5.54. The maximum Gasteiger partial charge on any atom is 0.334 e. The Morgan fingerprint density at radius 3 is 2.58 bits per heavy atom. The van der Waals surface area contributed by atoms with Crippen LogP contribution in [-0.4, -0.2) is 36.7 Å². The Bertz CT molecular complexity index is 470. The number of carboxylic acids is 1. The number of benzene rings is 1. The Labute approximate surface area is 115 Å². The highest BCUT2D eigenvalue weighted by Crippen LogP contribution is 2.10. The van der Waals surface area contributed by atoms with Crippen molar-refractivity contribution in [3.8, 4) is 0 Å². The zero-order valence-corrected chi connectivity index (χ0v) is 11.1. The lowest BCUT2D eigenvalue weighted by molar-refractivity contribution is -0.148. The zero-order valence-electron chi connectivity index (χ0n) is 10.3. The number of methoxy groups -OCH3 is 1. The second-order valence-corrected chi connectivity index (χ2v) is 4.13. The second kappa shape index (κ2) is 7.56. The molecule has 2 N–H and O–H groups in total. The summed E-state index contributed by atoms with van der Waals surface area (Å²) in [7, 11) is 1.27. The third-order valence-electron chi connectivity index (χ3n) is 2.32. The Kier molecular flexibility index (Phi) is 6.05. The number of carboxylic acid groups (broad SMARTS) is 1. The summed E-state index contributed by atoms with van der Waals surface area (Å²) in [5.74, 6) is -1.51. The fourth-order valence-electron chi connectivity index (χ4n) is 1.27. The average molecular weight is 284 g/mol. The molecule has 0 radical (unpaired) electrons. The van der Waals surface area contributed by atoms with Crippen LogP contribution in [-0.2, 0) is 14.3 Å². The van der Waals surface area contributed by atoms with Crippen molar-refractivity contribution >= 4 is 29.6 Å². The van der Waals surface area contributed by atoms with Crippen LogP contribution in [0.5, 0.6) is 0 Å². The molecule has 0 aliphatic heterocycles. The van der Waals surface area contributed by atoms with Gasteiger partial charge in [0.05, 0.1) is 6.54 Å². The van der Waals surface area contributed by atoms with E-state index in [9.17, 15) is 9.59 Å². The summed E-state index contributed by atoms with van der Waals surface area (Å²) < 4.78 is 4.69. The summed E-state index contributed by atoms with van der Waals surface area (Å²) in [6.07, 6.45) is 1.87. The Hall–Kier alpha value is -1.85. The second-order valence-electron chi connectivity index (χ2n) is 3.69. The molecule has 5 nitrogen and oxygen atoms in total. The number of aliphatic carboxylic acids is 1. The van der Waals surface area contributed by atoms with Gasteiger partial charge in [-0.2, -0.15) is 0 Å². The van der Waals surface area contributed by atoms with Crippen molar-refractivity contribution in [1.82, 2.24) is 5.32 Å². The molecular weight excluding hydrogens is 270 g/mol. The molecule has 0 spiro atoms. The molecule has 0 fully saturated rings. The minimum atomic E-state index is -1.12. The molecule has 1 atom stereocenters. The van der Waals surface area contributed by atoms with Gasteiger partial charge in [0.25, 0.3) is 0 Å². The Morgan fingerprint density at radius 2 is 2.05 bits per heavy atom. The smallest absolute Gasteiger partial charge is 0.334 e. The first kappa shape index (κ1) is 15.2. The van der Waals surface area contributed by atoms with E-state index in [1.54, 1.807) is 30.3 Å². The van der Waals surface area contributed by atoms with Gasteiger partial charge in [-0.25, -0.2) is 4.79 Å². The summed E-state index contributed by atoms with van der Waals surface area (Å²) in [6.45, 7) is -0.0877. The predicted molar refractivity (Wildman–Crippen MR) is 71.9 cm³/mol. The van der Waals surface area contributed by atoms with E-state index in [0.29, 0.717) is 5.02 Å². The molecule has 102 valence electrons. The molecule has 19 heavy (non-hydrogen) atoms. The van der Waals surface area contributed by atoms with Crippen molar-refractivity contribution in [2.24, 2.45) is 0 Å². The third-order valence-corrected chi connectivity index (χ3v) is 2.57. The topological polar surface area (TPSA) is 75.6 Å². The molecule has 0 saturated carbocycles. The lowest BCUT2D eigenvalue weighted by Gasteiger charge is -2.09. The number of ether oxygens (including phenoxy) is 1. The first-order valence-electron chi connectivity index (χ1n) is 5.50. The largest absolute Gasteiger partial charge is 0.479 e. The highest BCUT2D eigenvalue weighted by molar-refractivity contribution is 6.30. The lowest BCUT2D eigenvalue weighted by Crippen LogP contribution is -2.37. The van der Waals surface area contributed by atoms with Crippen molar-refractivity contribution in [2.75, 3.05) is 13.7 Å². The minimum Gasteiger partial charge on any atom is -0.479 e. The van der Waals surface area contributed by atoms with Crippen LogP contribution in [0.3, 0.4) is 0 Å². The van der Waals surface area contributed by atoms with Gasteiger partial charge in [0, 0.05) is 18.2 Å².